The number of hydrogen-bond acceptors (Lipinski definition) is 3. The van der Waals surface area contributed by atoms with Gasteiger partial charge in [-0.15, -0.1) is 0 Å². The molecule has 84 valence electrons. The van der Waals surface area contributed by atoms with E-state index in [0.717, 1.165) is 0 Å². The molecule has 15 heavy (non-hydrogen) atoms. The van der Waals surface area contributed by atoms with Crippen LogP contribution in [-0.2, 0) is 11.3 Å². The molecule has 0 fully saturated rings. The molecule has 1 aromatic heterocycles. The monoisotopic (exact) mass is 211 g/mol. The summed E-state index contributed by atoms with van der Waals surface area (Å²) in [5, 5.41) is 6.67. The lowest BCUT2D eigenvalue weighted by atomic mass is 10.2. The molecule has 1 N–H and O–H groups in total. The van der Waals surface area contributed by atoms with Crippen LogP contribution in [0, 0.1) is 0 Å². The normalized spacial score (nSPS) is 11.1. The van der Waals surface area contributed by atoms with Crippen LogP contribution in [0.4, 0.5) is 4.79 Å². The Labute approximate surface area is 89.4 Å². The van der Waals surface area contributed by atoms with Gasteiger partial charge in [0.15, 0.2) is 0 Å². The van der Waals surface area contributed by atoms with Crippen LogP contribution in [0.1, 0.15) is 20.8 Å². The number of amides is 1. The van der Waals surface area contributed by atoms with E-state index >= 15 is 0 Å². The third-order valence-electron chi connectivity index (χ3n) is 1.57. The van der Waals surface area contributed by atoms with Crippen molar-refractivity contribution in [2.24, 2.45) is 0 Å². The van der Waals surface area contributed by atoms with Gasteiger partial charge in [-0.2, -0.15) is 5.10 Å². The van der Waals surface area contributed by atoms with Crippen LogP contribution in [0.3, 0.4) is 0 Å². The highest BCUT2D eigenvalue weighted by atomic mass is 16.6. The summed E-state index contributed by atoms with van der Waals surface area (Å²) in [5.41, 5.74) is -0.449. The maximum Gasteiger partial charge on any atom is 0.407 e. The molecule has 0 unspecified atom stereocenters. The number of ether oxygens (including phenoxy) is 1. The number of nitrogens with one attached hydrogen (secondary N) is 1. The highest BCUT2D eigenvalue weighted by molar-refractivity contribution is 5.67. The number of carbonyl (C=O) groups excluding carboxylic acids is 1. The van der Waals surface area contributed by atoms with E-state index in [2.05, 4.69) is 10.4 Å². The maximum atomic E-state index is 11.2. The molecule has 0 saturated heterocycles. The molecule has 5 heteroatoms. The minimum absolute atomic E-state index is 0.394. The van der Waals surface area contributed by atoms with Crippen LogP contribution in [0.25, 0.3) is 0 Å². The first-order valence-electron chi connectivity index (χ1n) is 4.92. The summed E-state index contributed by atoms with van der Waals surface area (Å²) in [6.07, 6.45) is 3.15. The SMILES string of the molecule is CC(C)(C)OC(=O)NCCn1cccn1. The fourth-order valence-electron chi connectivity index (χ4n) is 1.02. The zero-order valence-corrected chi connectivity index (χ0v) is 9.36. The van der Waals surface area contributed by atoms with E-state index in [1.165, 1.54) is 0 Å². The van der Waals surface area contributed by atoms with Gasteiger partial charge in [0.1, 0.15) is 5.60 Å². The van der Waals surface area contributed by atoms with Crippen LogP contribution in [0.15, 0.2) is 18.5 Å². The maximum absolute atomic E-state index is 11.2. The van der Waals surface area contributed by atoms with Gasteiger partial charge in [-0.1, -0.05) is 0 Å². The van der Waals surface area contributed by atoms with Crippen LogP contribution in [0.2, 0.25) is 0 Å². The molecule has 1 amide bonds. The Morgan fingerprint density at radius 2 is 2.27 bits per heavy atom. The lowest BCUT2D eigenvalue weighted by molar-refractivity contribution is 0.0525. The van der Waals surface area contributed by atoms with Crippen molar-refractivity contribution in [2.45, 2.75) is 32.9 Å². The molecule has 0 radical (unpaired) electrons. The summed E-state index contributed by atoms with van der Waals surface area (Å²) in [5.74, 6) is 0. The van der Waals surface area contributed by atoms with Crippen molar-refractivity contribution >= 4 is 6.09 Å². The standard InChI is InChI=1S/C10H17N3O2/c1-10(2,3)15-9(14)11-6-8-13-7-4-5-12-13/h4-5,7H,6,8H2,1-3H3,(H,11,14). The number of hydrogen-bond donors (Lipinski definition) is 1. The first-order chi connectivity index (χ1) is 6.97. The summed E-state index contributed by atoms with van der Waals surface area (Å²) in [6, 6.07) is 1.84. The van der Waals surface area contributed by atoms with Gasteiger partial charge in [-0.3, -0.25) is 4.68 Å². The molecule has 5 nitrogen and oxygen atoms in total. The molecule has 0 aliphatic rings. The van der Waals surface area contributed by atoms with Crippen LogP contribution in [0.5, 0.6) is 0 Å². The lowest BCUT2D eigenvalue weighted by Gasteiger charge is -2.19. The second-order valence-corrected chi connectivity index (χ2v) is 4.20. The largest absolute Gasteiger partial charge is 0.444 e. The van der Waals surface area contributed by atoms with E-state index in [0.29, 0.717) is 13.1 Å². The van der Waals surface area contributed by atoms with Crippen molar-refractivity contribution in [1.29, 1.82) is 0 Å². The molecule has 1 aromatic rings. The van der Waals surface area contributed by atoms with Gasteiger partial charge >= 0.3 is 6.09 Å². The second kappa shape index (κ2) is 4.82. The van der Waals surface area contributed by atoms with Gasteiger partial charge < -0.3 is 10.1 Å². The second-order valence-electron chi connectivity index (χ2n) is 4.20. The number of carbonyl (C=O) groups is 1. The van der Waals surface area contributed by atoms with Crippen LogP contribution in [-0.4, -0.2) is 28.0 Å². The lowest BCUT2D eigenvalue weighted by Crippen LogP contribution is -2.34. The third kappa shape index (κ3) is 5.05. The molecule has 0 saturated carbocycles. The van der Waals surface area contributed by atoms with Crippen molar-refractivity contribution in [2.75, 3.05) is 6.54 Å². The average Bonchev–Trinajstić information content (AvgIpc) is 2.53. The number of rotatable bonds is 3. The molecular weight excluding hydrogens is 194 g/mol. The average molecular weight is 211 g/mol. The molecule has 0 spiro atoms. The Kier molecular flexibility index (Phi) is 3.71. The molecule has 0 atom stereocenters. The van der Waals surface area contributed by atoms with Gasteiger partial charge in [-0.25, -0.2) is 4.79 Å². The number of nitrogens with zero attached hydrogens (tertiary/aromatic N) is 2. The fraction of sp³-hybridized carbons (Fsp3) is 0.600. The van der Waals surface area contributed by atoms with Gasteiger partial charge in [-0.05, 0) is 26.8 Å². The number of aromatic nitrogens is 2. The van der Waals surface area contributed by atoms with Crippen molar-refractivity contribution < 1.29 is 9.53 Å². The topological polar surface area (TPSA) is 56.1 Å². The summed E-state index contributed by atoms with van der Waals surface area (Å²) in [7, 11) is 0. The quantitative estimate of drug-likeness (QED) is 0.822. The Morgan fingerprint density at radius 1 is 1.53 bits per heavy atom. The molecular formula is C10H17N3O2. The zero-order chi connectivity index (χ0) is 11.3. The van der Waals surface area contributed by atoms with Gasteiger partial charge in [0.05, 0.1) is 6.54 Å². The van der Waals surface area contributed by atoms with Crippen molar-refractivity contribution in [1.82, 2.24) is 15.1 Å². The molecule has 0 bridgehead atoms. The van der Waals surface area contributed by atoms with Crippen molar-refractivity contribution in [3.05, 3.63) is 18.5 Å². The summed E-state index contributed by atoms with van der Waals surface area (Å²) < 4.78 is 6.82. The minimum Gasteiger partial charge on any atom is -0.444 e. The highest BCUT2D eigenvalue weighted by Crippen LogP contribution is 2.06. The minimum atomic E-state index is -0.449. The molecule has 0 aromatic carbocycles. The first-order valence-corrected chi connectivity index (χ1v) is 4.92. The van der Waals surface area contributed by atoms with Gasteiger partial charge in [0, 0.05) is 18.9 Å². The van der Waals surface area contributed by atoms with E-state index < -0.39 is 11.7 Å². The summed E-state index contributed by atoms with van der Waals surface area (Å²) in [4.78, 5) is 11.2. The Balaban J connectivity index is 2.18. The smallest absolute Gasteiger partial charge is 0.407 e. The van der Waals surface area contributed by atoms with E-state index in [1.807, 2.05) is 33.0 Å². The van der Waals surface area contributed by atoms with E-state index in [4.69, 9.17) is 4.74 Å². The Bertz CT molecular complexity index is 301. The Hall–Kier alpha value is -1.52. The highest BCUT2D eigenvalue weighted by Gasteiger charge is 2.15. The zero-order valence-electron chi connectivity index (χ0n) is 9.36. The molecule has 0 aliphatic heterocycles. The predicted molar refractivity (Wildman–Crippen MR) is 56.5 cm³/mol. The van der Waals surface area contributed by atoms with Gasteiger partial charge in [0.25, 0.3) is 0 Å². The Morgan fingerprint density at radius 3 is 2.80 bits per heavy atom. The van der Waals surface area contributed by atoms with E-state index in [1.54, 1.807) is 10.9 Å². The van der Waals surface area contributed by atoms with Crippen LogP contribution < -0.4 is 5.32 Å². The van der Waals surface area contributed by atoms with Crippen molar-refractivity contribution in [3.8, 4) is 0 Å². The predicted octanol–water partition coefficient (Wildman–Crippen LogP) is 1.41. The molecule has 1 heterocycles. The first kappa shape index (κ1) is 11.6. The molecule has 0 aliphatic carbocycles. The third-order valence-corrected chi connectivity index (χ3v) is 1.57. The molecule has 1 rings (SSSR count). The summed E-state index contributed by atoms with van der Waals surface area (Å²) in [6.45, 7) is 6.66. The summed E-state index contributed by atoms with van der Waals surface area (Å²) >= 11 is 0. The fourth-order valence-corrected chi connectivity index (χ4v) is 1.02. The van der Waals surface area contributed by atoms with Gasteiger partial charge in [0.2, 0.25) is 0 Å². The van der Waals surface area contributed by atoms with Crippen molar-refractivity contribution in [3.63, 3.8) is 0 Å². The number of alkyl carbamates (subject to hydrolysis) is 1. The van der Waals surface area contributed by atoms with E-state index in [9.17, 15) is 4.79 Å². The van der Waals surface area contributed by atoms with Crippen LogP contribution >= 0.6 is 0 Å². The van der Waals surface area contributed by atoms with E-state index in [-0.39, 0.29) is 0 Å².